The van der Waals surface area contributed by atoms with E-state index in [0.29, 0.717) is 23.9 Å². The van der Waals surface area contributed by atoms with E-state index in [1.807, 2.05) is 24.3 Å². The second-order valence-electron chi connectivity index (χ2n) is 6.46. The van der Waals surface area contributed by atoms with E-state index >= 15 is 0 Å². The maximum Gasteiger partial charge on any atom is 0.255 e. The Balaban J connectivity index is 1.72. The van der Waals surface area contributed by atoms with E-state index in [9.17, 15) is 4.79 Å². The molecule has 0 saturated heterocycles. The maximum absolute atomic E-state index is 12.5. The average Bonchev–Trinajstić information content (AvgIpc) is 2.71. The van der Waals surface area contributed by atoms with E-state index in [-0.39, 0.29) is 5.56 Å². The fourth-order valence-electron chi connectivity index (χ4n) is 3.28. The minimum atomic E-state index is -0.121. The summed E-state index contributed by atoms with van der Waals surface area (Å²) >= 11 is 0. The van der Waals surface area contributed by atoms with Crippen LogP contribution in [-0.4, -0.2) is 40.5 Å². The minimum absolute atomic E-state index is 0.121. The molecule has 3 aromatic rings. The van der Waals surface area contributed by atoms with Gasteiger partial charge in [0, 0.05) is 32.4 Å². The molecular formula is C20H18BN5O. The van der Waals surface area contributed by atoms with E-state index in [4.69, 9.17) is 12.8 Å². The van der Waals surface area contributed by atoms with Crippen molar-refractivity contribution in [3.8, 4) is 11.4 Å². The Morgan fingerprint density at radius 1 is 1.15 bits per heavy atom. The molecule has 1 aliphatic rings. The van der Waals surface area contributed by atoms with Crippen LogP contribution in [0.2, 0.25) is 0 Å². The van der Waals surface area contributed by atoms with Crippen LogP contribution in [0.4, 0.5) is 5.95 Å². The van der Waals surface area contributed by atoms with Crippen LogP contribution in [0.15, 0.2) is 59.8 Å². The number of rotatable bonds is 3. The van der Waals surface area contributed by atoms with Crippen molar-refractivity contribution >= 4 is 24.8 Å². The average molecular weight is 355 g/mol. The minimum Gasteiger partial charge on any atom is -0.338 e. The molecule has 7 heteroatoms. The van der Waals surface area contributed by atoms with Crippen LogP contribution in [0.3, 0.4) is 0 Å². The first-order valence-corrected chi connectivity index (χ1v) is 8.77. The number of anilines is 1. The molecule has 4 rings (SSSR count). The maximum atomic E-state index is 12.5. The van der Waals surface area contributed by atoms with Crippen molar-refractivity contribution in [3.05, 3.63) is 70.9 Å². The van der Waals surface area contributed by atoms with E-state index in [2.05, 4.69) is 20.9 Å². The molecule has 0 fully saturated rings. The quantitative estimate of drug-likeness (QED) is 0.664. The van der Waals surface area contributed by atoms with Crippen molar-refractivity contribution in [2.45, 2.75) is 6.42 Å². The molecule has 0 atom stereocenters. The molecule has 6 nitrogen and oxygen atoms in total. The van der Waals surface area contributed by atoms with Gasteiger partial charge in [0.15, 0.2) is 0 Å². The first kappa shape index (κ1) is 17.2. The van der Waals surface area contributed by atoms with Crippen LogP contribution in [-0.2, 0) is 7.05 Å². The summed E-state index contributed by atoms with van der Waals surface area (Å²) in [7, 11) is 7.88. The van der Waals surface area contributed by atoms with E-state index in [0.717, 1.165) is 29.6 Å². The standard InChI is InChI=1S/C20H18BN5O/c1-25-19(27)11-18(17-8-9-22-13-23-17)24-20(25)26-10-4-5-14(12-26)15-6-2-3-7-16(15)21/h2-3,5-9,11,13H,4,10,12H2,1H3. The van der Waals surface area contributed by atoms with Gasteiger partial charge in [-0.05, 0) is 23.6 Å². The van der Waals surface area contributed by atoms with Crippen molar-refractivity contribution in [3.63, 3.8) is 0 Å². The highest BCUT2D eigenvalue weighted by atomic mass is 16.1. The molecule has 1 aliphatic heterocycles. The van der Waals surface area contributed by atoms with Gasteiger partial charge < -0.3 is 4.90 Å². The topological polar surface area (TPSA) is 63.9 Å². The molecule has 2 radical (unpaired) electrons. The summed E-state index contributed by atoms with van der Waals surface area (Å²) in [5.41, 5.74) is 3.97. The number of hydrogen-bond acceptors (Lipinski definition) is 5. The summed E-state index contributed by atoms with van der Waals surface area (Å²) in [6.45, 7) is 1.42. The van der Waals surface area contributed by atoms with Crippen LogP contribution < -0.4 is 15.9 Å². The molecule has 0 spiro atoms. The fraction of sp³-hybridized carbons (Fsp3) is 0.200. The lowest BCUT2D eigenvalue weighted by molar-refractivity contribution is 0.726. The first-order chi connectivity index (χ1) is 13.1. The number of aromatic nitrogens is 4. The molecule has 132 valence electrons. The molecular weight excluding hydrogens is 337 g/mol. The second-order valence-corrected chi connectivity index (χ2v) is 6.46. The smallest absolute Gasteiger partial charge is 0.255 e. The molecule has 0 saturated carbocycles. The fourth-order valence-corrected chi connectivity index (χ4v) is 3.28. The molecule has 1 aromatic carbocycles. The number of benzene rings is 1. The Bertz CT molecular complexity index is 1060. The van der Waals surface area contributed by atoms with Gasteiger partial charge in [0.25, 0.3) is 5.56 Å². The van der Waals surface area contributed by atoms with Crippen molar-refractivity contribution < 1.29 is 0 Å². The summed E-state index contributed by atoms with van der Waals surface area (Å²) in [5, 5.41) is 0. The Kier molecular flexibility index (Phi) is 4.58. The predicted molar refractivity (Wildman–Crippen MR) is 107 cm³/mol. The third-order valence-corrected chi connectivity index (χ3v) is 4.70. The van der Waals surface area contributed by atoms with Crippen molar-refractivity contribution in [1.29, 1.82) is 0 Å². The SMILES string of the molecule is [B]c1ccccc1C1=CCCN(c2nc(-c3ccncn3)cc(=O)n2C)C1. The summed E-state index contributed by atoms with van der Waals surface area (Å²) in [6, 6.07) is 11.1. The summed E-state index contributed by atoms with van der Waals surface area (Å²) in [4.78, 5) is 27.5. The molecule has 27 heavy (non-hydrogen) atoms. The van der Waals surface area contributed by atoms with Crippen molar-refractivity contribution in [2.24, 2.45) is 7.05 Å². The van der Waals surface area contributed by atoms with Gasteiger partial charge in [-0.1, -0.05) is 35.8 Å². The van der Waals surface area contributed by atoms with Crippen molar-refractivity contribution in [1.82, 2.24) is 19.5 Å². The van der Waals surface area contributed by atoms with Gasteiger partial charge in [-0.25, -0.2) is 15.0 Å². The molecule has 2 aromatic heterocycles. The van der Waals surface area contributed by atoms with Gasteiger partial charge in [0.2, 0.25) is 5.95 Å². The molecule has 0 N–H and O–H groups in total. The summed E-state index contributed by atoms with van der Waals surface area (Å²) in [6.07, 6.45) is 6.15. The van der Waals surface area contributed by atoms with Gasteiger partial charge in [-0.2, -0.15) is 0 Å². The first-order valence-electron chi connectivity index (χ1n) is 8.77. The highest BCUT2D eigenvalue weighted by molar-refractivity contribution is 6.34. The van der Waals surface area contributed by atoms with Gasteiger partial charge in [-0.3, -0.25) is 9.36 Å². The second kappa shape index (κ2) is 7.19. The summed E-state index contributed by atoms with van der Waals surface area (Å²) < 4.78 is 1.57. The van der Waals surface area contributed by atoms with Gasteiger partial charge in [-0.15, -0.1) is 0 Å². The van der Waals surface area contributed by atoms with Crippen LogP contribution in [0.25, 0.3) is 17.0 Å². The Hall–Kier alpha value is -3.22. The van der Waals surface area contributed by atoms with Crippen LogP contribution >= 0.6 is 0 Å². The number of hydrogen-bond donors (Lipinski definition) is 0. The third kappa shape index (κ3) is 3.40. The zero-order valence-electron chi connectivity index (χ0n) is 15.0. The molecule has 3 heterocycles. The van der Waals surface area contributed by atoms with E-state index in [1.54, 1.807) is 23.9 Å². The molecule has 0 aliphatic carbocycles. The molecule has 0 unspecified atom stereocenters. The van der Waals surface area contributed by atoms with Gasteiger partial charge in [0.05, 0.1) is 11.4 Å². The highest BCUT2D eigenvalue weighted by Crippen LogP contribution is 2.24. The molecule has 0 bridgehead atoms. The lowest BCUT2D eigenvalue weighted by Gasteiger charge is -2.30. The molecule has 0 amide bonds. The zero-order valence-corrected chi connectivity index (χ0v) is 15.0. The van der Waals surface area contributed by atoms with E-state index < -0.39 is 0 Å². The third-order valence-electron chi connectivity index (χ3n) is 4.70. The highest BCUT2D eigenvalue weighted by Gasteiger charge is 2.20. The van der Waals surface area contributed by atoms with Crippen LogP contribution in [0.1, 0.15) is 12.0 Å². The lowest BCUT2D eigenvalue weighted by Crippen LogP contribution is -2.36. The largest absolute Gasteiger partial charge is 0.338 e. The Labute approximate surface area is 158 Å². The van der Waals surface area contributed by atoms with Crippen LogP contribution in [0.5, 0.6) is 0 Å². The summed E-state index contributed by atoms with van der Waals surface area (Å²) in [5.74, 6) is 0.621. The van der Waals surface area contributed by atoms with Gasteiger partial charge >= 0.3 is 0 Å². The van der Waals surface area contributed by atoms with E-state index in [1.165, 1.54) is 12.4 Å². The number of nitrogens with zero attached hydrogens (tertiary/aromatic N) is 5. The zero-order chi connectivity index (χ0) is 18.8. The Morgan fingerprint density at radius 3 is 2.78 bits per heavy atom. The monoisotopic (exact) mass is 355 g/mol. The van der Waals surface area contributed by atoms with Crippen molar-refractivity contribution in [2.75, 3.05) is 18.0 Å². The van der Waals surface area contributed by atoms with Crippen LogP contribution in [0, 0.1) is 0 Å². The normalized spacial score (nSPS) is 14.1. The predicted octanol–water partition coefficient (Wildman–Crippen LogP) is 1.32. The Morgan fingerprint density at radius 2 is 2.00 bits per heavy atom. The van der Waals surface area contributed by atoms with Gasteiger partial charge in [0.1, 0.15) is 14.2 Å². The lowest BCUT2D eigenvalue weighted by atomic mass is 9.86.